The van der Waals surface area contributed by atoms with E-state index in [9.17, 15) is 9.18 Å². The molecule has 1 amide bonds. The van der Waals surface area contributed by atoms with Gasteiger partial charge in [0, 0.05) is 15.6 Å². The molecule has 6 nitrogen and oxygen atoms in total. The van der Waals surface area contributed by atoms with Crippen LogP contribution in [0.1, 0.15) is 16.1 Å². The van der Waals surface area contributed by atoms with Gasteiger partial charge in [0.2, 0.25) is 0 Å². The van der Waals surface area contributed by atoms with Crippen LogP contribution in [-0.2, 0) is 6.61 Å². The number of rotatable bonds is 5. The lowest BCUT2D eigenvalue weighted by Gasteiger charge is -2.08. The first-order valence-corrected chi connectivity index (χ1v) is 7.71. The summed E-state index contributed by atoms with van der Waals surface area (Å²) in [5, 5.41) is 10.0. The maximum absolute atomic E-state index is 13.3. The van der Waals surface area contributed by atoms with Crippen LogP contribution in [0.2, 0.25) is 0 Å². The summed E-state index contributed by atoms with van der Waals surface area (Å²) in [5.74, 6) is -0.383. The minimum Gasteiger partial charge on any atom is -0.489 e. The van der Waals surface area contributed by atoms with Crippen molar-refractivity contribution >= 4 is 21.8 Å². The molecule has 0 saturated carbocycles. The molecule has 0 aliphatic heterocycles. The number of amides is 1. The second-order valence-electron chi connectivity index (χ2n) is 4.93. The second-order valence-corrected chi connectivity index (χ2v) is 5.79. The third kappa shape index (κ3) is 3.43. The van der Waals surface area contributed by atoms with Gasteiger partial charge in [-0.25, -0.2) is 4.39 Å². The largest absolute Gasteiger partial charge is 0.489 e. The standard InChI is InChI=1S/C16H12BrFN4O2/c17-13-6-3-11(18)7-10(13)8-24-12-4-1-9(2-5-12)14-15(16(19)23)21-22-20-14/h1-7H,8H2,(H2,19,23)(H,20,21,22). The van der Waals surface area contributed by atoms with Crippen molar-refractivity contribution in [2.24, 2.45) is 5.73 Å². The number of aromatic amines is 1. The zero-order valence-corrected chi connectivity index (χ0v) is 13.9. The summed E-state index contributed by atoms with van der Waals surface area (Å²) >= 11 is 3.35. The molecule has 0 aliphatic rings. The SMILES string of the molecule is NC(=O)c1n[nH]nc1-c1ccc(OCc2cc(F)ccc2Br)cc1. The molecular formula is C16H12BrFN4O2. The summed E-state index contributed by atoms with van der Waals surface area (Å²) in [6.07, 6.45) is 0. The average Bonchev–Trinajstić information content (AvgIpc) is 3.06. The molecule has 122 valence electrons. The summed E-state index contributed by atoms with van der Waals surface area (Å²) in [7, 11) is 0. The molecule has 0 aliphatic carbocycles. The molecular weight excluding hydrogens is 379 g/mol. The van der Waals surface area contributed by atoms with Gasteiger partial charge in [0.1, 0.15) is 23.9 Å². The minimum atomic E-state index is -0.657. The van der Waals surface area contributed by atoms with Gasteiger partial charge in [-0.05, 0) is 42.5 Å². The molecule has 3 N–H and O–H groups in total. The molecule has 0 bridgehead atoms. The molecule has 3 rings (SSSR count). The number of halogens is 2. The number of hydrogen-bond acceptors (Lipinski definition) is 4. The number of carbonyl (C=O) groups excluding carboxylic acids is 1. The highest BCUT2D eigenvalue weighted by molar-refractivity contribution is 9.10. The van der Waals surface area contributed by atoms with E-state index in [1.54, 1.807) is 30.3 Å². The number of nitrogens with two attached hydrogens (primary N) is 1. The van der Waals surface area contributed by atoms with Crippen molar-refractivity contribution < 1.29 is 13.9 Å². The molecule has 1 heterocycles. The third-order valence-electron chi connectivity index (χ3n) is 3.31. The van der Waals surface area contributed by atoms with Gasteiger partial charge < -0.3 is 10.5 Å². The third-order valence-corrected chi connectivity index (χ3v) is 4.08. The summed E-state index contributed by atoms with van der Waals surface area (Å²) in [5.41, 5.74) is 7.07. The van der Waals surface area contributed by atoms with Crippen molar-refractivity contribution in [1.29, 1.82) is 0 Å². The number of nitrogens with zero attached hydrogens (tertiary/aromatic N) is 2. The van der Waals surface area contributed by atoms with Gasteiger partial charge in [0.25, 0.3) is 5.91 Å². The van der Waals surface area contributed by atoms with E-state index >= 15 is 0 Å². The van der Waals surface area contributed by atoms with Crippen LogP contribution in [0.3, 0.4) is 0 Å². The quantitative estimate of drug-likeness (QED) is 0.699. The van der Waals surface area contributed by atoms with Crippen molar-refractivity contribution in [2.45, 2.75) is 6.61 Å². The Bertz CT molecular complexity index is 880. The Hall–Kier alpha value is -2.74. The number of nitrogens with one attached hydrogen (secondary N) is 1. The van der Waals surface area contributed by atoms with E-state index in [2.05, 4.69) is 31.3 Å². The van der Waals surface area contributed by atoms with Crippen LogP contribution in [0, 0.1) is 5.82 Å². The molecule has 8 heteroatoms. The Morgan fingerprint density at radius 1 is 1.21 bits per heavy atom. The monoisotopic (exact) mass is 390 g/mol. The normalized spacial score (nSPS) is 10.6. The summed E-state index contributed by atoms with van der Waals surface area (Å²) in [4.78, 5) is 11.3. The van der Waals surface area contributed by atoms with Crippen molar-refractivity contribution in [3.63, 3.8) is 0 Å². The van der Waals surface area contributed by atoms with Crippen molar-refractivity contribution in [1.82, 2.24) is 15.4 Å². The molecule has 1 aromatic heterocycles. The number of aromatic nitrogens is 3. The van der Waals surface area contributed by atoms with Gasteiger partial charge in [-0.3, -0.25) is 4.79 Å². The van der Waals surface area contributed by atoms with E-state index in [0.29, 0.717) is 22.6 Å². The van der Waals surface area contributed by atoms with Crippen LogP contribution in [0.5, 0.6) is 5.75 Å². The van der Waals surface area contributed by atoms with Gasteiger partial charge in [-0.2, -0.15) is 15.4 Å². The van der Waals surface area contributed by atoms with Crippen LogP contribution >= 0.6 is 15.9 Å². The fourth-order valence-electron chi connectivity index (χ4n) is 2.13. The lowest BCUT2D eigenvalue weighted by Crippen LogP contribution is -2.12. The van der Waals surface area contributed by atoms with Crippen LogP contribution in [-0.4, -0.2) is 21.3 Å². The van der Waals surface area contributed by atoms with Crippen molar-refractivity contribution in [3.8, 4) is 17.0 Å². The zero-order chi connectivity index (χ0) is 17.1. The average molecular weight is 391 g/mol. The molecule has 0 unspecified atom stereocenters. The summed E-state index contributed by atoms with van der Waals surface area (Å²) < 4.78 is 19.7. The first-order chi connectivity index (χ1) is 11.5. The number of primary amides is 1. The van der Waals surface area contributed by atoms with Gasteiger partial charge in [0.05, 0.1) is 0 Å². The minimum absolute atomic E-state index is 0.0763. The predicted molar refractivity (Wildman–Crippen MR) is 88.8 cm³/mol. The number of hydrogen-bond donors (Lipinski definition) is 2. The lowest BCUT2D eigenvalue weighted by atomic mass is 10.1. The predicted octanol–water partition coefficient (Wildman–Crippen LogP) is 3.05. The van der Waals surface area contributed by atoms with Crippen molar-refractivity contribution in [3.05, 3.63) is 64.0 Å². The Labute approximate surface area is 145 Å². The van der Waals surface area contributed by atoms with Crippen LogP contribution < -0.4 is 10.5 Å². The smallest absolute Gasteiger partial charge is 0.271 e. The first kappa shape index (κ1) is 16.1. The van der Waals surface area contributed by atoms with Crippen molar-refractivity contribution in [2.75, 3.05) is 0 Å². The van der Waals surface area contributed by atoms with Gasteiger partial charge in [-0.15, -0.1) is 0 Å². The zero-order valence-electron chi connectivity index (χ0n) is 12.3. The van der Waals surface area contributed by atoms with Gasteiger partial charge in [-0.1, -0.05) is 15.9 Å². The Kier molecular flexibility index (Phi) is 4.57. The van der Waals surface area contributed by atoms with E-state index in [1.165, 1.54) is 12.1 Å². The Morgan fingerprint density at radius 3 is 2.67 bits per heavy atom. The van der Waals surface area contributed by atoms with E-state index in [0.717, 1.165) is 4.47 Å². The highest BCUT2D eigenvalue weighted by Gasteiger charge is 2.15. The highest BCUT2D eigenvalue weighted by atomic mass is 79.9. The van der Waals surface area contributed by atoms with Crippen LogP contribution in [0.4, 0.5) is 4.39 Å². The molecule has 0 spiro atoms. The van der Waals surface area contributed by atoms with E-state index in [1.807, 2.05) is 0 Å². The second kappa shape index (κ2) is 6.79. The maximum atomic E-state index is 13.3. The van der Waals surface area contributed by atoms with E-state index < -0.39 is 5.91 Å². The molecule has 3 aromatic rings. The summed E-state index contributed by atoms with van der Waals surface area (Å²) in [6, 6.07) is 11.3. The van der Waals surface area contributed by atoms with Gasteiger partial charge >= 0.3 is 0 Å². The number of carbonyl (C=O) groups is 1. The maximum Gasteiger partial charge on any atom is 0.271 e. The topological polar surface area (TPSA) is 93.9 Å². The fraction of sp³-hybridized carbons (Fsp3) is 0.0625. The fourth-order valence-corrected chi connectivity index (χ4v) is 2.49. The van der Waals surface area contributed by atoms with Crippen LogP contribution in [0.15, 0.2) is 46.9 Å². The molecule has 0 radical (unpaired) electrons. The lowest BCUT2D eigenvalue weighted by molar-refractivity contribution is 0.0996. The number of benzene rings is 2. The Balaban J connectivity index is 1.74. The summed E-state index contributed by atoms with van der Waals surface area (Å²) in [6.45, 7) is 0.216. The number of H-pyrrole nitrogens is 1. The van der Waals surface area contributed by atoms with E-state index in [-0.39, 0.29) is 18.1 Å². The molecule has 0 fully saturated rings. The molecule has 2 aromatic carbocycles. The highest BCUT2D eigenvalue weighted by Crippen LogP contribution is 2.24. The van der Waals surface area contributed by atoms with Gasteiger partial charge in [0.15, 0.2) is 5.69 Å². The molecule has 24 heavy (non-hydrogen) atoms. The molecule has 0 atom stereocenters. The first-order valence-electron chi connectivity index (χ1n) is 6.92. The van der Waals surface area contributed by atoms with Crippen LogP contribution in [0.25, 0.3) is 11.3 Å². The Morgan fingerprint density at radius 2 is 1.96 bits per heavy atom. The number of ether oxygens (including phenoxy) is 1. The van der Waals surface area contributed by atoms with E-state index in [4.69, 9.17) is 10.5 Å². The molecule has 0 saturated heterocycles.